The zero-order valence-corrected chi connectivity index (χ0v) is 8.42. The van der Waals surface area contributed by atoms with E-state index in [0.29, 0.717) is 11.8 Å². The minimum atomic E-state index is -1.13. The van der Waals surface area contributed by atoms with Gasteiger partial charge in [-0.3, -0.25) is 9.59 Å². The Labute approximate surface area is 92.1 Å². The van der Waals surface area contributed by atoms with Crippen LogP contribution in [0.25, 0.3) is 0 Å². The normalized spacial score (nSPS) is 11.5. The summed E-state index contributed by atoms with van der Waals surface area (Å²) in [5.74, 6) is -1.59. The van der Waals surface area contributed by atoms with Crippen LogP contribution >= 0.6 is 0 Å². The van der Waals surface area contributed by atoms with Crippen molar-refractivity contribution < 1.29 is 19.5 Å². The number of aldehydes is 1. The summed E-state index contributed by atoms with van der Waals surface area (Å²) in [4.78, 5) is 32.4. The van der Waals surface area contributed by atoms with Crippen molar-refractivity contribution in [2.75, 3.05) is 0 Å². The average molecular weight is 221 g/mol. The summed E-state index contributed by atoms with van der Waals surface area (Å²) >= 11 is 0. The molecule has 16 heavy (non-hydrogen) atoms. The molecule has 84 valence electrons. The molecule has 2 N–H and O–H groups in total. The second-order valence-corrected chi connectivity index (χ2v) is 3.18. The highest BCUT2D eigenvalue weighted by Gasteiger charge is 2.15. The molecule has 1 aromatic rings. The van der Waals surface area contributed by atoms with Crippen molar-refractivity contribution in [3.05, 3.63) is 35.9 Å². The van der Waals surface area contributed by atoms with E-state index in [0.717, 1.165) is 0 Å². The summed E-state index contributed by atoms with van der Waals surface area (Å²) in [7, 11) is 0. The lowest BCUT2D eigenvalue weighted by atomic mass is 10.2. The molecule has 0 heterocycles. The fourth-order valence-electron chi connectivity index (χ4n) is 1.16. The van der Waals surface area contributed by atoms with Crippen molar-refractivity contribution >= 4 is 18.2 Å². The summed E-state index contributed by atoms with van der Waals surface area (Å²) < 4.78 is 0. The van der Waals surface area contributed by atoms with Gasteiger partial charge >= 0.3 is 5.97 Å². The predicted molar refractivity (Wildman–Crippen MR) is 56.0 cm³/mol. The van der Waals surface area contributed by atoms with Gasteiger partial charge in [-0.1, -0.05) is 18.2 Å². The zero-order valence-electron chi connectivity index (χ0n) is 8.42. The van der Waals surface area contributed by atoms with Crippen LogP contribution < -0.4 is 5.32 Å². The van der Waals surface area contributed by atoms with E-state index in [1.54, 1.807) is 30.3 Å². The average Bonchev–Trinajstić information content (AvgIpc) is 2.28. The van der Waals surface area contributed by atoms with Gasteiger partial charge in [0.2, 0.25) is 0 Å². The minimum Gasteiger partial charge on any atom is -0.481 e. The Balaban J connectivity index is 2.62. The second kappa shape index (κ2) is 5.65. The number of rotatable bonds is 5. The fourth-order valence-corrected chi connectivity index (χ4v) is 1.16. The SMILES string of the molecule is O=C[C@H](CC(=O)O)NC(=O)c1ccccc1. The van der Waals surface area contributed by atoms with Gasteiger partial charge in [0.15, 0.2) is 0 Å². The Bertz CT molecular complexity index is 388. The molecule has 1 amide bonds. The molecule has 0 aliphatic heterocycles. The first-order chi connectivity index (χ1) is 7.63. The van der Waals surface area contributed by atoms with Gasteiger partial charge in [0.25, 0.3) is 5.91 Å². The van der Waals surface area contributed by atoms with E-state index in [1.165, 1.54) is 0 Å². The molecule has 0 aliphatic rings. The topological polar surface area (TPSA) is 83.5 Å². The Morgan fingerprint density at radius 2 is 1.94 bits per heavy atom. The molecule has 1 atom stereocenters. The van der Waals surface area contributed by atoms with E-state index in [2.05, 4.69) is 5.32 Å². The van der Waals surface area contributed by atoms with Crippen LogP contribution in [0.3, 0.4) is 0 Å². The number of carboxylic acids is 1. The lowest BCUT2D eigenvalue weighted by molar-refractivity contribution is -0.138. The van der Waals surface area contributed by atoms with E-state index < -0.39 is 24.3 Å². The number of aliphatic carboxylic acids is 1. The Morgan fingerprint density at radius 1 is 1.31 bits per heavy atom. The summed E-state index contributed by atoms with van der Waals surface area (Å²) in [6.45, 7) is 0. The number of carbonyl (C=O) groups is 3. The second-order valence-electron chi connectivity index (χ2n) is 3.18. The third-order valence-electron chi connectivity index (χ3n) is 1.91. The van der Waals surface area contributed by atoms with E-state index in [1.807, 2.05) is 0 Å². The first-order valence-corrected chi connectivity index (χ1v) is 4.66. The van der Waals surface area contributed by atoms with Gasteiger partial charge in [-0.15, -0.1) is 0 Å². The predicted octanol–water partition coefficient (Wildman–Crippen LogP) is 0.459. The highest BCUT2D eigenvalue weighted by Crippen LogP contribution is 1.99. The van der Waals surface area contributed by atoms with Crippen LogP contribution in [0.1, 0.15) is 16.8 Å². The summed E-state index contributed by atoms with van der Waals surface area (Å²) in [6, 6.07) is 7.29. The van der Waals surface area contributed by atoms with Gasteiger partial charge < -0.3 is 15.2 Å². The van der Waals surface area contributed by atoms with Gasteiger partial charge in [-0.2, -0.15) is 0 Å². The number of nitrogens with one attached hydrogen (secondary N) is 1. The van der Waals surface area contributed by atoms with Gasteiger partial charge in [0.05, 0.1) is 12.5 Å². The van der Waals surface area contributed by atoms with Crippen LogP contribution in [-0.2, 0) is 9.59 Å². The maximum atomic E-state index is 11.5. The number of hydrogen-bond acceptors (Lipinski definition) is 3. The van der Waals surface area contributed by atoms with Crippen molar-refractivity contribution in [1.82, 2.24) is 5.32 Å². The van der Waals surface area contributed by atoms with Gasteiger partial charge in [-0.05, 0) is 12.1 Å². The number of benzene rings is 1. The first-order valence-electron chi connectivity index (χ1n) is 4.66. The Morgan fingerprint density at radius 3 is 2.44 bits per heavy atom. The minimum absolute atomic E-state index is 0.389. The maximum absolute atomic E-state index is 11.5. The number of carbonyl (C=O) groups excluding carboxylic acids is 2. The van der Waals surface area contributed by atoms with Crippen molar-refractivity contribution in [2.24, 2.45) is 0 Å². The zero-order chi connectivity index (χ0) is 12.0. The highest BCUT2D eigenvalue weighted by atomic mass is 16.4. The van der Waals surface area contributed by atoms with E-state index in [-0.39, 0.29) is 0 Å². The number of carboxylic acid groups (broad SMARTS) is 1. The van der Waals surface area contributed by atoms with Crippen LogP contribution in [0, 0.1) is 0 Å². The van der Waals surface area contributed by atoms with Gasteiger partial charge in [-0.25, -0.2) is 0 Å². The van der Waals surface area contributed by atoms with Crippen LogP contribution in [0.2, 0.25) is 0 Å². The largest absolute Gasteiger partial charge is 0.481 e. The summed E-state index contributed by atoms with van der Waals surface area (Å²) in [5.41, 5.74) is 0.389. The molecule has 0 spiro atoms. The molecular weight excluding hydrogens is 210 g/mol. The van der Waals surface area contributed by atoms with E-state index >= 15 is 0 Å². The monoisotopic (exact) mass is 221 g/mol. The molecule has 0 saturated heterocycles. The molecular formula is C11H11NO4. The standard InChI is InChI=1S/C11H11NO4/c13-7-9(6-10(14)15)12-11(16)8-4-2-1-3-5-8/h1-5,7,9H,6H2,(H,12,16)(H,14,15)/t9-/m0/s1. The van der Waals surface area contributed by atoms with Gasteiger partial charge in [0.1, 0.15) is 6.29 Å². The molecule has 0 unspecified atom stereocenters. The van der Waals surface area contributed by atoms with Gasteiger partial charge in [0, 0.05) is 5.56 Å². The van der Waals surface area contributed by atoms with E-state index in [9.17, 15) is 14.4 Å². The molecule has 1 rings (SSSR count). The molecule has 0 radical (unpaired) electrons. The molecule has 0 saturated carbocycles. The first kappa shape index (κ1) is 11.9. The molecule has 1 aromatic carbocycles. The summed E-state index contributed by atoms with van der Waals surface area (Å²) in [6.07, 6.45) is -0.00294. The molecule has 0 aromatic heterocycles. The van der Waals surface area contributed by atoms with Crippen LogP contribution in [0.15, 0.2) is 30.3 Å². The van der Waals surface area contributed by atoms with Crippen LogP contribution in [-0.4, -0.2) is 29.3 Å². The quantitative estimate of drug-likeness (QED) is 0.707. The lowest BCUT2D eigenvalue weighted by Crippen LogP contribution is -2.37. The molecule has 5 nitrogen and oxygen atoms in total. The molecule has 0 aliphatic carbocycles. The summed E-state index contributed by atoms with van der Waals surface area (Å²) in [5, 5.41) is 10.8. The number of amides is 1. The third-order valence-corrected chi connectivity index (χ3v) is 1.91. The van der Waals surface area contributed by atoms with Crippen molar-refractivity contribution in [1.29, 1.82) is 0 Å². The van der Waals surface area contributed by atoms with Crippen molar-refractivity contribution in [3.8, 4) is 0 Å². The van der Waals surface area contributed by atoms with Crippen molar-refractivity contribution in [3.63, 3.8) is 0 Å². The number of hydrogen-bond donors (Lipinski definition) is 2. The Hall–Kier alpha value is -2.17. The Kier molecular flexibility index (Phi) is 4.20. The smallest absolute Gasteiger partial charge is 0.305 e. The molecule has 0 bridgehead atoms. The fraction of sp³-hybridized carbons (Fsp3) is 0.182. The van der Waals surface area contributed by atoms with Crippen LogP contribution in [0.5, 0.6) is 0 Å². The molecule has 5 heteroatoms. The van der Waals surface area contributed by atoms with Crippen molar-refractivity contribution in [2.45, 2.75) is 12.5 Å². The third kappa shape index (κ3) is 3.53. The lowest BCUT2D eigenvalue weighted by Gasteiger charge is -2.10. The van der Waals surface area contributed by atoms with E-state index in [4.69, 9.17) is 5.11 Å². The maximum Gasteiger partial charge on any atom is 0.305 e. The highest BCUT2D eigenvalue weighted by molar-refractivity contribution is 5.96. The van der Waals surface area contributed by atoms with Crippen LogP contribution in [0.4, 0.5) is 0 Å². The molecule has 0 fully saturated rings.